The van der Waals surface area contributed by atoms with E-state index in [1.165, 1.54) is 37.5 Å². The molecule has 32 heavy (non-hydrogen) atoms. The van der Waals surface area contributed by atoms with Gasteiger partial charge in [0.2, 0.25) is 0 Å². The standard InChI is InChI=1S/C22H26N2O7S/c1-13(25)31-11-14-7-15(9-16(8-14)24(28)29)18-10-23-20(32-18)22(27)6-5-17(19(26)30-4)21(2,3)12-22/h7-10,17,27H,5-6,11-12H2,1-4H3/t17-,22-/m1/s1. The Hall–Kier alpha value is -2.85. The van der Waals surface area contributed by atoms with E-state index in [0.29, 0.717) is 40.3 Å². The molecule has 2 aromatic rings. The normalized spacial score (nSPS) is 22.2. The van der Waals surface area contributed by atoms with Gasteiger partial charge in [0.05, 0.1) is 22.8 Å². The van der Waals surface area contributed by atoms with E-state index in [1.54, 1.807) is 12.3 Å². The highest BCUT2D eigenvalue weighted by Crippen LogP contribution is 2.51. The van der Waals surface area contributed by atoms with Crippen LogP contribution < -0.4 is 0 Å². The van der Waals surface area contributed by atoms with Crippen molar-refractivity contribution < 1.29 is 29.1 Å². The summed E-state index contributed by atoms with van der Waals surface area (Å²) in [5.41, 5.74) is -0.792. The van der Waals surface area contributed by atoms with E-state index >= 15 is 0 Å². The van der Waals surface area contributed by atoms with Crippen LogP contribution in [0.1, 0.15) is 50.6 Å². The van der Waals surface area contributed by atoms with Gasteiger partial charge < -0.3 is 14.6 Å². The zero-order valence-electron chi connectivity index (χ0n) is 18.4. The van der Waals surface area contributed by atoms with Gasteiger partial charge in [-0.15, -0.1) is 11.3 Å². The molecular formula is C22H26N2O7S. The van der Waals surface area contributed by atoms with Gasteiger partial charge in [0.1, 0.15) is 17.2 Å². The molecule has 1 aliphatic rings. The third-order valence-corrected chi connectivity index (χ3v) is 7.08. The van der Waals surface area contributed by atoms with Gasteiger partial charge in [-0.25, -0.2) is 4.98 Å². The summed E-state index contributed by atoms with van der Waals surface area (Å²) in [5, 5.41) is 23.2. The number of hydrogen-bond donors (Lipinski definition) is 1. The largest absolute Gasteiger partial charge is 0.469 e. The molecule has 3 rings (SSSR count). The Morgan fingerprint density at radius 3 is 2.66 bits per heavy atom. The van der Waals surface area contributed by atoms with Crippen LogP contribution in [0.3, 0.4) is 0 Å². The molecule has 0 bridgehead atoms. The Balaban J connectivity index is 1.90. The Bertz CT molecular complexity index is 1050. The number of carbonyl (C=O) groups is 2. The Labute approximate surface area is 189 Å². The first kappa shape index (κ1) is 23.8. The minimum Gasteiger partial charge on any atom is -0.469 e. The molecule has 172 valence electrons. The number of aromatic nitrogens is 1. The molecule has 1 N–H and O–H groups in total. The summed E-state index contributed by atoms with van der Waals surface area (Å²) in [6, 6.07) is 4.49. The fraction of sp³-hybridized carbons (Fsp3) is 0.500. The molecule has 1 heterocycles. The molecule has 1 aromatic heterocycles. The van der Waals surface area contributed by atoms with Gasteiger partial charge in [0, 0.05) is 30.8 Å². The number of nitro benzene ring substituents is 1. The molecule has 1 fully saturated rings. The summed E-state index contributed by atoms with van der Waals surface area (Å²) in [4.78, 5) is 39.2. The molecule has 9 nitrogen and oxygen atoms in total. The number of nitrogens with zero attached hydrogens (tertiary/aromatic N) is 2. The lowest BCUT2D eigenvalue weighted by molar-refractivity contribution is -0.384. The summed E-state index contributed by atoms with van der Waals surface area (Å²) in [6.45, 7) is 5.04. The number of aliphatic hydroxyl groups is 1. The monoisotopic (exact) mass is 462 g/mol. The van der Waals surface area contributed by atoms with Gasteiger partial charge >= 0.3 is 11.9 Å². The lowest BCUT2D eigenvalue weighted by Crippen LogP contribution is -2.45. The molecule has 0 aliphatic heterocycles. The van der Waals surface area contributed by atoms with Gasteiger partial charge in [-0.1, -0.05) is 13.8 Å². The average molecular weight is 463 g/mol. The van der Waals surface area contributed by atoms with E-state index in [0.717, 1.165) is 0 Å². The summed E-state index contributed by atoms with van der Waals surface area (Å²) in [6.07, 6.45) is 2.73. The summed E-state index contributed by atoms with van der Waals surface area (Å²) < 4.78 is 9.90. The van der Waals surface area contributed by atoms with Crippen LogP contribution in [0, 0.1) is 21.4 Å². The molecule has 1 aliphatic carbocycles. The minimum absolute atomic E-state index is 0.0806. The highest BCUT2D eigenvalue weighted by Gasteiger charge is 2.49. The fourth-order valence-corrected chi connectivity index (χ4v) is 5.33. The zero-order chi connectivity index (χ0) is 23.7. The maximum absolute atomic E-state index is 12.1. The number of carbonyl (C=O) groups excluding carboxylic acids is 2. The Morgan fingerprint density at radius 1 is 1.34 bits per heavy atom. The molecule has 1 saturated carbocycles. The Kier molecular flexibility index (Phi) is 6.66. The minimum atomic E-state index is -1.21. The van der Waals surface area contributed by atoms with Crippen LogP contribution in [0.2, 0.25) is 0 Å². The van der Waals surface area contributed by atoms with Crippen molar-refractivity contribution in [3.05, 3.63) is 45.1 Å². The maximum Gasteiger partial charge on any atom is 0.309 e. The highest BCUT2D eigenvalue weighted by molar-refractivity contribution is 7.15. The summed E-state index contributed by atoms with van der Waals surface area (Å²) >= 11 is 1.25. The predicted octanol–water partition coefficient (Wildman–Crippen LogP) is 3.97. The number of non-ortho nitro benzene ring substituents is 1. The molecule has 0 amide bonds. The number of nitro groups is 1. The van der Waals surface area contributed by atoms with Gasteiger partial charge in [-0.2, -0.15) is 0 Å². The zero-order valence-corrected chi connectivity index (χ0v) is 19.2. The number of methoxy groups -OCH3 is 1. The van der Waals surface area contributed by atoms with Gasteiger partial charge in [0.25, 0.3) is 5.69 Å². The van der Waals surface area contributed by atoms with Crippen molar-refractivity contribution in [1.82, 2.24) is 4.98 Å². The SMILES string of the molecule is COC(=O)[C@H]1CC[C@](O)(c2ncc(-c3cc(COC(C)=O)cc([N+](=O)[O-])c3)s2)CC1(C)C. The number of hydrogen-bond acceptors (Lipinski definition) is 9. The first-order chi connectivity index (χ1) is 14.9. The predicted molar refractivity (Wildman–Crippen MR) is 117 cm³/mol. The van der Waals surface area contributed by atoms with E-state index in [1.807, 2.05) is 13.8 Å². The van der Waals surface area contributed by atoms with Crippen LogP contribution in [0.4, 0.5) is 5.69 Å². The van der Waals surface area contributed by atoms with Crippen LogP contribution in [-0.2, 0) is 31.3 Å². The van der Waals surface area contributed by atoms with Crippen molar-refractivity contribution in [3.8, 4) is 10.4 Å². The summed E-state index contributed by atoms with van der Waals surface area (Å²) in [5.74, 6) is -1.08. The van der Waals surface area contributed by atoms with E-state index in [4.69, 9.17) is 9.47 Å². The van der Waals surface area contributed by atoms with Crippen molar-refractivity contribution >= 4 is 29.0 Å². The lowest BCUT2D eigenvalue weighted by atomic mass is 9.63. The number of esters is 2. The number of ether oxygens (including phenoxy) is 2. The van der Waals surface area contributed by atoms with Crippen molar-refractivity contribution in [3.63, 3.8) is 0 Å². The molecule has 2 atom stereocenters. The van der Waals surface area contributed by atoms with Gasteiger partial charge in [-0.05, 0) is 36.3 Å². The summed E-state index contributed by atoms with van der Waals surface area (Å²) in [7, 11) is 1.36. The third kappa shape index (κ3) is 4.97. The maximum atomic E-state index is 12.1. The lowest BCUT2D eigenvalue weighted by Gasteiger charge is -2.44. The topological polar surface area (TPSA) is 129 Å². The molecule has 0 unspecified atom stereocenters. The second-order valence-electron chi connectivity index (χ2n) is 8.77. The molecule has 0 radical (unpaired) electrons. The quantitative estimate of drug-likeness (QED) is 0.388. The average Bonchev–Trinajstić information content (AvgIpc) is 3.22. The number of benzene rings is 1. The number of rotatable bonds is 6. The van der Waals surface area contributed by atoms with E-state index in [-0.39, 0.29) is 24.2 Å². The smallest absolute Gasteiger partial charge is 0.309 e. The van der Waals surface area contributed by atoms with Crippen molar-refractivity contribution in [2.45, 2.75) is 52.2 Å². The van der Waals surface area contributed by atoms with Crippen LogP contribution >= 0.6 is 11.3 Å². The second-order valence-corrected chi connectivity index (χ2v) is 9.80. The van der Waals surface area contributed by atoms with Gasteiger partial charge in [0.15, 0.2) is 0 Å². The highest BCUT2D eigenvalue weighted by atomic mass is 32.1. The van der Waals surface area contributed by atoms with Crippen molar-refractivity contribution in [1.29, 1.82) is 0 Å². The van der Waals surface area contributed by atoms with E-state index in [9.17, 15) is 24.8 Å². The first-order valence-corrected chi connectivity index (χ1v) is 11.0. The van der Waals surface area contributed by atoms with Gasteiger partial charge in [-0.3, -0.25) is 19.7 Å². The van der Waals surface area contributed by atoms with E-state index in [2.05, 4.69) is 4.98 Å². The third-order valence-electron chi connectivity index (χ3n) is 5.84. The first-order valence-electron chi connectivity index (χ1n) is 10.1. The van der Waals surface area contributed by atoms with Crippen LogP contribution in [-0.4, -0.2) is 34.1 Å². The molecular weight excluding hydrogens is 436 g/mol. The number of thiazole rings is 1. The van der Waals surface area contributed by atoms with Crippen LogP contribution in [0.5, 0.6) is 0 Å². The van der Waals surface area contributed by atoms with Crippen molar-refractivity contribution in [2.75, 3.05) is 7.11 Å². The fourth-order valence-electron chi connectivity index (χ4n) is 4.31. The molecule has 1 aromatic carbocycles. The van der Waals surface area contributed by atoms with Crippen molar-refractivity contribution in [2.24, 2.45) is 11.3 Å². The van der Waals surface area contributed by atoms with E-state index < -0.39 is 21.9 Å². The second kappa shape index (κ2) is 8.95. The van der Waals surface area contributed by atoms with Crippen LogP contribution in [0.15, 0.2) is 24.4 Å². The molecule has 10 heteroatoms. The van der Waals surface area contributed by atoms with Crippen LogP contribution in [0.25, 0.3) is 10.4 Å². The molecule has 0 spiro atoms. The molecule has 0 saturated heterocycles. The Morgan fingerprint density at radius 2 is 2.06 bits per heavy atom.